The van der Waals surface area contributed by atoms with Gasteiger partial charge in [-0.25, -0.2) is 8.42 Å². The summed E-state index contributed by atoms with van der Waals surface area (Å²) in [5.41, 5.74) is 1.33. The Morgan fingerprint density at radius 3 is 2.63 bits per heavy atom. The van der Waals surface area contributed by atoms with E-state index in [0.717, 1.165) is 38.5 Å². The van der Waals surface area contributed by atoms with Crippen molar-refractivity contribution in [3.63, 3.8) is 0 Å². The summed E-state index contributed by atoms with van der Waals surface area (Å²) >= 11 is 0. The zero-order chi connectivity index (χ0) is 24.9. The number of amides is 1. The van der Waals surface area contributed by atoms with Gasteiger partial charge in [0.15, 0.2) is 5.78 Å². The summed E-state index contributed by atoms with van der Waals surface area (Å²) in [6, 6.07) is 0. The van der Waals surface area contributed by atoms with E-state index in [1.807, 2.05) is 6.08 Å². The monoisotopic (exact) mass is 517 g/mol. The standard InChI is InChI=1S/C26H41NO6S.Na/c1-16(4-7-23(30)27-12-13-34(31,32)33)19-5-6-20-24-21(9-11-26(19,20)3)25(2)10-8-18(28)14-17(25)15-22(24)29;/h14,16,19-22,24,29H,4-13,15H2,1-3H3,(H,27,30)(H,31,32,33);/q;+1/p-1/t16-,19-,20+,21+,22-,24+,25+,26-;/m1./s1. The molecule has 8 atom stereocenters. The normalized spacial score (nSPS) is 39.4. The van der Waals surface area contributed by atoms with Crippen molar-refractivity contribution in [3.05, 3.63) is 11.6 Å². The first-order valence-corrected chi connectivity index (χ1v) is 14.5. The first kappa shape index (κ1) is 29.3. The number of aliphatic hydroxyl groups is 1. The molecule has 35 heavy (non-hydrogen) atoms. The third-order valence-corrected chi connectivity index (χ3v) is 10.9. The fourth-order valence-corrected chi connectivity index (χ4v) is 8.82. The number of ketones is 1. The van der Waals surface area contributed by atoms with Crippen molar-refractivity contribution in [1.82, 2.24) is 5.32 Å². The third-order valence-electron chi connectivity index (χ3n) is 10.2. The molecule has 0 spiro atoms. The van der Waals surface area contributed by atoms with Gasteiger partial charge in [-0.1, -0.05) is 26.3 Å². The summed E-state index contributed by atoms with van der Waals surface area (Å²) in [5, 5.41) is 13.8. The fourth-order valence-electron chi connectivity index (χ4n) is 8.47. The van der Waals surface area contributed by atoms with E-state index in [9.17, 15) is 27.7 Å². The Labute approximate surface area is 232 Å². The Morgan fingerprint density at radius 1 is 1.23 bits per heavy atom. The van der Waals surface area contributed by atoms with Crippen LogP contribution in [0, 0.1) is 40.4 Å². The van der Waals surface area contributed by atoms with Gasteiger partial charge < -0.3 is 15.0 Å². The quantitative estimate of drug-likeness (QED) is 0.367. The van der Waals surface area contributed by atoms with Crippen LogP contribution < -0.4 is 34.9 Å². The molecule has 0 aromatic heterocycles. The molecule has 3 saturated carbocycles. The third kappa shape index (κ3) is 5.78. The first-order valence-electron chi connectivity index (χ1n) is 13.0. The van der Waals surface area contributed by atoms with Crippen LogP contribution in [0.15, 0.2) is 11.6 Å². The molecular weight excluding hydrogens is 477 g/mol. The molecule has 9 heteroatoms. The molecule has 7 nitrogen and oxygen atoms in total. The second kappa shape index (κ2) is 10.9. The molecule has 0 aromatic carbocycles. The van der Waals surface area contributed by atoms with Crippen LogP contribution in [0.2, 0.25) is 0 Å². The van der Waals surface area contributed by atoms with E-state index in [0.29, 0.717) is 42.9 Å². The van der Waals surface area contributed by atoms with E-state index in [-0.39, 0.29) is 64.5 Å². The smallest absolute Gasteiger partial charge is 0.748 e. The predicted octanol–water partition coefficient (Wildman–Crippen LogP) is 0.187. The van der Waals surface area contributed by atoms with Gasteiger partial charge in [0.1, 0.15) is 0 Å². The van der Waals surface area contributed by atoms with Gasteiger partial charge in [0.2, 0.25) is 5.91 Å². The SMILES string of the molecule is C[C@H](CCC(=O)NCCS(=O)(=O)[O-])[C@H]1CC[C@H]2[C@@H]3[C@H](O)CC4=CC(=O)CC[C@]4(C)[C@H]3CC[C@]12C.[Na+]. The van der Waals surface area contributed by atoms with Crippen molar-refractivity contribution >= 4 is 21.8 Å². The molecule has 1 amide bonds. The van der Waals surface area contributed by atoms with Crippen LogP contribution in [0.3, 0.4) is 0 Å². The van der Waals surface area contributed by atoms with Crippen LogP contribution in [0.5, 0.6) is 0 Å². The van der Waals surface area contributed by atoms with Gasteiger partial charge in [-0.3, -0.25) is 9.59 Å². The largest absolute Gasteiger partial charge is 1.00 e. The molecule has 4 rings (SSSR count). The molecule has 4 aliphatic carbocycles. The van der Waals surface area contributed by atoms with Gasteiger partial charge in [0.25, 0.3) is 0 Å². The summed E-state index contributed by atoms with van der Waals surface area (Å²) in [6.45, 7) is 6.80. The Balaban J connectivity index is 0.00000342. The molecule has 0 saturated heterocycles. The summed E-state index contributed by atoms with van der Waals surface area (Å²) in [7, 11) is -4.32. The van der Waals surface area contributed by atoms with Crippen LogP contribution in [0.1, 0.15) is 78.6 Å². The van der Waals surface area contributed by atoms with E-state index >= 15 is 0 Å². The molecule has 192 valence electrons. The van der Waals surface area contributed by atoms with Gasteiger partial charge in [-0.15, -0.1) is 0 Å². The van der Waals surface area contributed by atoms with Gasteiger partial charge in [0.05, 0.1) is 22.0 Å². The van der Waals surface area contributed by atoms with Crippen molar-refractivity contribution in [2.24, 2.45) is 40.4 Å². The molecule has 2 N–H and O–H groups in total. The average molecular weight is 518 g/mol. The number of fused-ring (bicyclic) bond motifs is 5. The minimum atomic E-state index is -4.32. The maximum Gasteiger partial charge on any atom is 1.00 e. The Bertz CT molecular complexity index is 967. The number of aliphatic hydroxyl groups excluding tert-OH is 1. The van der Waals surface area contributed by atoms with Crippen molar-refractivity contribution in [3.8, 4) is 0 Å². The van der Waals surface area contributed by atoms with E-state index in [2.05, 4.69) is 26.1 Å². The van der Waals surface area contributed by atoms with Crippen LogP contribution >= 0.6 is 0 Å². The zero-order valence-corrected chi connectivity index (χ0v) is 24.5. The second-order valence-electron chi connectivity index (χ2n) is 12.0. The average Bonchev–Trinajstić information content (AvgIpc) is 3.09. The molecule has 0 heterocycles. The number of hydrogen-bond donors (Lipinski definition) is 2. The Kier molecular flexibility index (Phi) is 9.09. The summed E-state index contributed by atoms with van der Waals surface area (Å²) in [6.07, 6.45) is 9.02. The predicted molar refractivity (Wildman–Crippen MR) is 128 cm³/mol. The van der Waals surface area contributed by atoms with Crippen LogP contribution in [0.25, 0.3) is 0 Å². The summed E-state index contributed by atoms with van der Waals surface area (Å²) < 4.78 is 32.1. The summed E-state index contributed by atoms with van der Waals surface area (Å²) in [4.78, 5) is 24.2. The molecule has 0 aromatic rings. The zero-order valence-electron chi connectivity index (χ0n) is 21.7. The van der Waals surface area contributed by atoms with Crippen molar-refractivity contribution in [2.45, 2.75) is 84.7 Å². The van der Waals surface area contributed by atoms with Crippen LogP contribution in [-0.2, 0) is 19.7 Å². The number of carbonyl (C=O) groups excluding carboxylic acids is 2. The fraction of sp³-hybridized carbons (Fsp3) is 0.846. The number of hydrogen-bond acceptors (Lipinski definition) is 6. The number of rotatable bonds is 7. The first-order chi connectivity index (χ1) is 15.8. The number of carbonyl (C=O) groups is 2. The van der Waals surface area contributed by atoms with E-state index in [1.54, 1.807) is 0 Å². The molecule has 0 bridgehead atoms. The van der Waals surface area contributed by atoms with E-state index < -0.39 is 22.0 Å². The van der Waals surface area contributed by atoms with Gasteiger partial charge in [-0.2, -0.15) is 0 Å². The molecule has 4 aliphatic rings. The van der Waals surface area contributed by atoms with Crippen LogP contribution in [-0.4, -0.2) is 48.2 Å². The molecule has 0 radical (unpaired) electrons. The van der Waals surface area contributed by atoms with Crippen molar-refractivity contribution in [2.75, 3.05) is 12.3 Å². The minimum Gasteiger partial charge on any atom is -0.748 e. The van der Waals surface area contributed by atoms with Gasteiger partial charge in [0, 0.05) is 19.4 Å². The van der Waals surface area contributed by atoms with E-state index in [1.165, 1.54) is 5.57 Å². The maximum absolute atomic E-state index is 12.2. The van der Waals surface area contributed by atoms with Gasteiger partial charge >= 0.3 is 29.6 Å². The van der Waals surface area contributed by atoms with Crippen LogP contribution in [0.4, 0.5) is 0 Å². The molecule has 0 unspecified atom stereocenters. The van der Waals surface area contributed by atoms with Crippen molar-refractivity contribution in [1.29, 1.82) is 0 Å². The summed E-state index contributed by atoms with van der Waals surface area (Å²) in [5.74, 6) is 1.40. The Morgan fingerprint density at radius 2 is 1.94 bits per heavy atom. The minimum absolute atomic E-state index is 0. The molecule has 0 aliphatic heterocycles. The van der Waals surface area contributed by atoms with Crippen molar-refractivity contribution < 1.29 is 57.2 Å². The maximum atomic E-state index is 12.2. The topological polar surface area (TPSA) is 124 Å². The van der Waals surface area contributed by atoms with Gasteiger partial charge in [-0.05, 0) is 91.4 Å². The Hall–Kier alpha value is -0.250. The van der Waals surface area contributed by atoms with E-state index in [4.69, 9.17) is 0 Å². The second-order valence-corrected chi connectivity index (χ2v) is 13.5. The molecule has 3 fully saturated rings. The number of nitrogens with one attached hydrogen (secondary N) is 1. The molecular formula is C26H40NNaO6S.